The zero-order valence-corrected chi connectivity index (χ0v) is 15.0. The number of fused-ring (bicyclic) bond motifs is 1. The fourth-order valence-corrected chi connectivity index (χ4v) is 3.55. The monoisotopic (exact) mass is 363 g/mol. The Balaban J connectivity index is 1.74. The van der Waals surface area contributed by atoms with Gasteiger partial charge in [-0.1, -0.05) is 0 Å². The predicted octanol–water partition coefficient (Wildman–Crippen LogP) is 1.73. The highest BCUT2D eigenvalue weighted by molar-refractivity contribution is 5.84. The number of carboxylic acid groups (broad SMARTS) is 1. The van der Waals surface area contributed by atoms with Crippen LogP contribution in [-0.2, 0) is 20.7 Å². The number of ether oxygens (including phenoxy) is 3. The molecule has 7 heteroatoms. The lowest BCUT2D eigenvalue weighted by Gasteiger charge is -2.36. The Kier molecular flexibility index (Phi) is 5.98. The molecular formula is C19H25NO6. The number of hydrogen-bond donors (Lipinski definition) is 1. The van der Waals surface area contributed by atoms with Crippen molar-refractivity contribution in [3.63, 3.8) is 0 Å². The molecule has 1 saturated heterocycles. The van der Waals surface area contributed by atoms with Crippen molar-refractivity contribution >= 4 is 11.9 Å². The van der Waals surface area contributed by atoms with Crippen LogP contribution in [0, 0.1) is 5.92 Å². The minimum absolute atomic E-state index is 0.0940. The lowest BCUT2D eigenvalue weighted by molar-refractivity contribution is -0.150. The third-order valence-corrected chi connectivity index (χ3v) is 4.82. The van der Waals surface area contributed by atoms with Crippen molar-refractivity contribution in [2.24, 2.45) is 5.92 Å². The fourth-order valence-electron chi connectivity index (χ4n) is 3.55. The summed E-state index contributed by atoms with van der Waals surface area (Å²) in [6.07, 6.45) is 1.85. The maximum atomic E-state index is 13.1. The van der Waals surface area contributed by atoms with Crippen LogP contribution in [0.2, 0.25) is 0 Å². The standard InChI is InChI=1S/C19H25NO6/c1-2-25-16-3-4-17-13(10-16)9-14(12-26-17)19(23)20(11-18(21)22)15-5-7-24-8-6-15/h3-4,10,14-15H,2,5-9,11-12H2,1H3,(H,21,22)/t14-/m0/s1. The van der Waals surface area contributed by atoms with Gasteiger partial charge in [-0.25, -0.2) is 0 Å². The first kappa shape index (κ1) is 18.5. The molecule has 0 radical (unpaired) electrons. The SMILES string of the molecule is CCOc1ccc2c(c1)C[C@H](C(=O)N(CC(=O)O)C1CCOCC1)CO2. The molecule has 142 valence electrons. The molecular weight excluding hydrogens is 338 g/mol. The van der Waals surface area contributed by atoms with E-state index in [1.807, 2.05) is 25.1 Å². The predicted molar refractivity (Wildman–Crippen MR) is 93.5 cm³/mol. The van der Waals surface area contributed by atoms with Crippen LogP contribution in [0.15, 0.2) is 18.2 Å². The summed E-state index contributed by atoms with van der Waals surface area (Å²) in [6.45, 7) is 3.56. The Morgan fingerprint density at radius 2 is 2.08 bits per heavy atom. The van der Waals surface area contributed by atoms with Gasteiger partial charge in [0.15, 0.2) is 0 Å². The van der Waals surface area contributed by atoms with Crippen LogP contribution in [0.3, 0.4) is 0 Å². The highest BCUT2D eigenvalue weighted by Crippen LogP contribution is 2.32. The van der Waals surface area contributed by atoms with E-state index in [0.717, 1.165) is 17.1 Å². The number of hydrogen-bond acceptors (Lipinski definition) is 5. The van der Waals surface area contributed by atoms with E-state index in [1.165, 1.54) is 4.90 Å². The van der Waals surface area contributed by atoms with Crippen LogP contribution in [0.4, 0.5) is 0 Å². The van der Waals surface area contributed by atoms with E-state index in [-0.39, 0.29) is 31.0 Å². The number of amides is 1. The van der Waals surface area contributed by atoms with Crippen LogP contribution >= 0.6 is 0 Å². The summed E-state index contributed by atoms with van der Waals surface area (Å²) in [7, 11) is 0. The van der Waals surface area contributed by atoms with Crippen LogP contribution in [0.25, 0.3) is 0 Å². The summed E-state index contributed by atoms with van der Waals surface area (Å²) in [5, 5.41) is 9.24. The lowest BCUT2D eigenvalue weighted by atomic mass is 9.94. The Morgan fingerprint density at radius 1 is 1.31 bits per heavy atom. The van der Waals surface area contributed by atoms with Crippen molar-refractivity contribution < 1.29 is 28.9 Å². The maximum absolute atomic E-state index is 13.1. The Bertz CT molecular complexity index is 655. The van der Waals surface area contributed by atoms with Gasteiger partial charge in [-0.3, -0.25) is 9.59 Å². The summed E-state index contributed by atoms with van der Waals surface area (Å²) in [4.78, 5) is 25.8. The smallest absolute Gasteiger partial charge is 0.323 e. The van der Waals surface area contributed by atoms with Gasteiger partial charge in [0.1, 0.15) is 24.7 Å². The molecule has 2 aliphatic rings. The first-order valence-electron chi connectivity index (χ1n) is 9.07. The summed E-state index contributed by atoms with van der Waals surface area (Å²) in [5.41, 5.74) is 0.919. The number of benzene rings is 1. The number of carbonyl (C=O) groups excluding carboxylic acids is 1. The molecule has 2 aliphatic heterocycles. The van der Waals surface area contributed by atoms with E-state index in [1.54, 1.807) is 0 Å². The van der Waals surface area contributed by atoms with Crippen LogP contribution in [0.5, 0.6) is 11.5 Å². The number of nitrogens with zero attached hydrogens (tertiary/aromatic N) is 1. The molecule has 0 bridgehead atoms. The van der Waals surface area contributed by atoms with Gasteiger partial charge in [-0.15, -0.1) is 0 Å². The van der Waals surface area contributed by atoms with Gasteiger partial charge in [0.05, 0.1) is 12.5 Å². The van der Waals surface area contributed by atoms with E-state index in [9.17, 15) is 14.7 Å². The van der Waals surface area contributed by atoms with Crippen LogP contribution < -0.4 is 9.47 Å². The molecule has 0 saturated carbocycles. The molecule has 1 amide bonds. The molecule has 1 atom stereocenters. The van der Waals surface area contributed by atoms with Crippen LogP contribution in [0.1, 0.15) is 25.3 Å². The van der Waals surface area contributed by atoms with Gasteiger partial charge in [0, 0.05) is 19.3 Å². The van der Waals surface area contributed by atoms with Gasteiger partial charge in [0.2, 0.25) is 5.91 Å². The molecule has 1 fully saturated rings. The summed E-state index contributed by atoms with van der Waals surface area (Å²) in [5.74, 6) is -0.0444. The third-order valence-electron chi connectivity index (χ3n) is 4.82. The van der Waals surface area contributed by atoms with E-state index < -0.39 is 5.97 Å². The highest BCUT2D eigenvalue weighted by atomic mass is 16.5. The van der Waals surface area contributed by atoms with E-state index in [4.69, 9.17) is 14.2 Å². The molecule has 3 rings (SSSR count). The third kappa shape index (κ3) is 4.27. The van der Waals surface area contributed by atoms with Crippen molar-refractivity contribution in [2.45, 2.75) is 32.2 Å². The van der Waals surface area contributed by atoms with Crippen molar-refractivity contribution in [3.8, 4) is 11.5 Å². The molecule has 7 nitrogen and oxygen atoms in total. The number of carbonyl (C=O) groups is 2. The Morgan fingerprint density at radius 3 is 2.77 bits per heavy atom. The maximum Gasteiger partial charge on any atom is 0.323 e. The second-order valence-electron chi connectivity index (χ2n) is 6.62. The number of rotatable bonds is 6. The number of aliphatic carboxylic acids is 1. The van der Waals surface area contributed by atoms with Gasteiger partial charge in [0.25, 0.3) is 0 Å². The summed E-state index contributed by atoms with van der Waals surface area (Å²) < 4.78 is 16.6. The van der Waals surface area contributed by atoms with Gasteiger partial charge in [-0.2, -0.15) is 0 Å². The molecule has 0 aromatic heterocycles. The van der Waals surface area contributed by atoms with Crippen molar-refractivity contribution in [1.82, 2.24) is 4.90 Å². The summed E-state index contributed by atoms with van der Waals surface area (Å²) in [6, 6.07) is 5.51. The molecule has 1 aromatic carbocycles. The van der Waals surface area contributed by atoms with Gasteiger partial charge < -0.3 is 24.2 Å². The normalized spacial score (nSPS) is 20.0. The van der Waals surface area contributed by atoms with E-state index in [2.05, 4.69) is 0 Å². The zero-order chi connectivity index (χ0) is 18.5. The molecule has 1 N–H and O–H groups in total. The van der Waals surface area contributed by atoms with Crippen molar-refractivity contribution in [2.75, 3.05) is 33.0 Å². The minimum atomic E-state index is -0.999. The molecule has 26 heavy (non-hydrogen) atoms. The Hall–Kier alpha value is -2.28. The molecule has 0 aliphatic carbocycles. The lowest BCUT2D eigenvalue weighted by Crippen LogP contribution is -2.50. The van der Waals surface area contributed by atoms with E-state index >= 15 is 0 Å². The molecule has 1 aromatic rings. The average molecular weight is 363 g/mol. The number of carboxylic acids is 1. The molecule has 0 spiro atoms. The minimum Gasteiger partial charge on any atom is -0.494 e. The van der Waals surface area contributed by atoms with E-state index in [0.29, 0.717) is 39.1 Å². The summed E-state index contributed by atoms with van der Waals surface area (Å²) >= 11 is 0. The average Bonchev–Trinajstić information content (AvgIpc) is 2.66. The first-order valence-corrected chi connectivity index (χ1v) is 9.07. The van der Waals surface area contributed by atoms with Crippen molar-refractivity contribution in [3.05, 3.63) is 23.8 Å². The Labute approximate surface area is 152 Å². The van der Waals surface area contributed by atoms with Crippen molar-refractivity contribution in [1.29, 1.82) is 0 Å². The zero-order valence-electron chi connectivity index (χ0n) is 15.0. The molecule has 2 heterocycles. The second-order valence-corrected chi connectivity index (χ2v) is 6.62. The first-order chi connectivity index (χ1) is 12.6. The van der Waals surface area contributed by atoms with Crippen LogP contribution in [-0.4, -0.2) is 60.9 Å². The quantitative estimate of drug-likeness (QED) is 0.828. The van der Waals surface area contributed by atoms with Gasteiger partial charge >= 0.3 is 5.97 Å². The largest absolute Gasteiger partial charge is 0.494 e. The second kappa shape index (κ2) is 8.40. The van der Waals surface area contributed by atoms with Gasteiger partial charge in [-0.05, 0) is 49.9 Å². The topological polar surface area (TPSA) is 85.3 Å². The fraction of sp³-hybridized carbons (Fsp3) is 0.579. The molecule has 0 unspecified atom stereocenters. The highest BCUT2D eigenvalue weighted by Gasteiger charge is 2.34.